The summed E-state index contributed by atoms with van der Waals surface area (Å²) in [4.78, 5) is 1.22. The summed E-state index contributed by atoms with van der Waals surface area (Å²) in [6.45, 7) is 1.23. The molecule has 0 aliphatic rings. The monoisotopic (exact) mass is 316 g/mol. The number of hydrogen-bond donors (Lipinski definition) is 0. The summed E-state index contributed by atoms with van der Waals surface area (Å²) in [5.41, 5.74) is 1.10. The molecule has 0 fully saturated rings. The Hall–Kier alpha value is -0.350. The molecule has 0 saturated carbocycles. The van der Waals surface area contributed by atoms with Gasteiger partial charge in [-0.15, -0.1) is 11.3 Å². The van der Waals surface area contributed by atoms with Crippen molar-refractivity contribution in [2.45, 2.75) is 13.2 Å². The van der Waals surface area contributed by atoms with E-state index in [9.17, 15) is 0 Å². The minimum absolute atomic E-state index is 0.593. The Morgan fingerprint density at radius 2 is 2.12 bits per heavy atom. The summed E-state index contributed by atoms with van der Waals surface area (Å²) in [7, 11) is 0. The van der Waals surface area contributed by atoms with Crippen molar-refractivity contribution in [1.82, 2.24) is 0 Å². The molecule has 16 heavy (non-hydrogen) atoms. The van der Waals surface area contributed by atoms with E-state index in [0.29, 0.717) is 13.2 Å². The van der Waals surface area contributed by atoms with Crippen molar-refractivity contribution in [1.29, 1.82) is 0 Å². The van der Waals surface area contributed by atoms with Gasteiger partial charge in [-0.2, -0.15) is 0 Å². The Bertz CT molecular complexity index is 470. The van der Waals surface area contributed by atoms with Crippen LogP contribution in [-0.4, -0.2) is 0 Å². The van der Waals surface area contributed by atoms with E-state index in [1.54, 1.807) is 11.3 Å². The van der Waals surface area contributed by atoms with E-state index in [-0.39, 0.29) is 0 Å². The van der Waals surface area contributed by atoms with Crippen LogP contribution in [0.4, 0.5) is 0 Å². The average molecular weight is 318 g/mol. The minimum Gasteiger partial charge on any atom is -0.371 e. The van der Waals surface area contributed by atoms with E-state index in [4.69, 9.17) is 16.3 Å². The molecule has 0 atom stereocenters. The molecule has 0 radical (unpaired) electrons. The fourth-order valence-corrected chi connectivity index (χ4v) is 2.93. The molecule has 0 bridgehead atoms. The van der Waals surface area contributed by atoms with Crippen LogP contribution < -0.4 is 0 Å². The third-order valence-corrected chi connectivity index (χ3v) is 3.93. The summed E-state index contributed by atoms with van der Waals surface area (Å²) in [6.07, 6.45) is 0. The first kappa shape index (κ1) is 12.1. The van der Waals surface area contributed by atoms with Crippen LogP contribution >= 0.6 is 38.9 Å². The standard InChI is InChI=1S/C12H10BrClOS/c13-10-5-12(16-8-10)7-15-6-9-2-1-3-11(14)4-9/h1-5,8H,6-7H2. The zero-order valence-electron chi connectivity index (χ0n) is 8.45. The largest absolute Gasteiger partial charge is 0.371 e. The molecule has 0 aliphatic carbocycles. The van der Waals surface area contributed by atoms with Crippen LogP contribution in [0.5, 0.6) is 0 Å². The fraction of sp³-hybridized carbons (Fsp3) is 0.167. The molecule has 0 unspecified atom stereocenters. The van der Waals surface area contributed by atoms with Crippen LogP contribution in [0, 0.1) is 0 Å². The van der Waals surface area contributed by atoms with Crippen molar-refractivity contribution >= 4 is 38.9 Å². The molecule has 1 aromatic heterocycles. The van der Waals surface area contributed by atoms with Crippen molar-refractivity contribution in [2.24, 2.45) is 0 Å². The Kier molecular flexibility index (Phi) is 4.41. The van der Waals surface area contributed by atoms with Crippen LogP contribution in [0.3, 0.4) is 0 Å². The molecule has 2 rings (SSSR count). The Balaban J connectivity index is 1.84. The van der Waals surface area contributed by atoms with Crippen molar-refractivity contribution in [3.63, 3.8) is 0 Å². The molecule has 0 amide bonds. The molecule has 84 valence electrons. The predicted molar refractivity (Wildman–Crippen MR) is 72.0 cm³/mol. The molecule has 0 saturated heterocycles. The Morgan fingerprint density at radius 3 is 2.81 bits per heavy atom. The summed E-state index contributed by atoms with van der Waals surface area (Å²) in [6, 6.07) is 9.80. The highest BCUT2D eigenvalue weighted by atomic mass is 79.9. The molecule has 2 aromatic rings. The van der Waals surface area contributed by atoms with Crippen LogP contribution in [0.1, 0.15) is 10.4 Å². The minimum atomic E-state index is 0.593. The highest BCUT2D eigenvalue weighted by Crippen LogP contribution is 2.21. The lowest BCUT2D eigenvalue weighted by atomic mass is 10.2. The zero-order valence-corrected chi connectivity index (χ0v) is 11.6. The van der Waals surface area contributed by atoms with E-state index in [1.807, 2.05) is 24.3 Å². The van der Waals surface area contributed by atoms with Gasteiger partial charge in [0.25, 0.3) is 0 Å². The van der Waals surface area contributed by atoms with E-state index in [0.717, 1.165) is 15.1 Å². The lowest BCUT2D eigenvalue weighted by molar-refractivity contribution is 0.109. The van der Waals surface area contributed by atoms with E-state index < -0.39 is 0 Å². The summed E-state index contributed by atoms with van der Waals surface area (Å²) >= 11 is 11.0. The van der Waals surface area contributed by atoms with Crippen molar-refractivity contribution in [3.8, 4) is 0 Å². The Labute approximate surface area is 112 Å². The molecule has 1 heterocycles. The second-order valence-electron chi connectivity index (χ2n) is 3.35. The number of hydrogen-bond acceptors (Lipinski definition) is 2. The third-order valence-electron chi connectivity index (χ3n) is 2.02. The average Bonchev–Trinajstić information content (AvgIpc) is 2.64. The van der Waals surface area contributed by atoms with Gasteiger partial charge in [0.15, 0.2) is 0 Å². The van der Waals surface area contributed by atoms with Gasteiger partial charge in [-0.25, -0.2) is 0 Å². The van der Waals surface area contributed by atoms with Gasteiger partial charge < -0.3 is 4.74 Å². The molecular formula is C12H10BrClOS. The van der Waals surface area contributed by atoms with Crippen LogP contribution in [-0.2, 0) is 18.0 Å². The maximum atomic E-state index is 5.88. The quantitative estimate of drug-likeness (QED) is 0.781. The van der Waals surface area contributed by atoms with Crippen LogP contribution in [0.2, 0.25) is 5.02 Å². The number of rotatable bonds is 4. The molecule has 0 spiro atoms. The maximum Gasteiger partial charge on any atom is 0.0814 e. The van der Waals surface area contributed by atoms with E-state index >= 15 is 0 Å². The predicted octanol–water partition coefficient (Wildman–Crippen LogP) is 4.88. The third kappa shape index (κ3) is 3.59. The molecule has 0 aliphatic heterocycles. The molecule has 1 nitrogen and oxygen atoms in total. The summed E-state index contributed by atoms with van der Waals surface area (Å²) in [5.74, 6) is 0. The first-order chi connectivity index (χ1) is 7.74. The fourth-order valence-electron chi connectivity index (χ4n) is 1.33. The van der Waals surface area contributed by atoms with Crippen LogP contribution in [0.15, 0.2) is 40.2 Å². The van der Waals surface area contributed by atoms with Gasteiger partial charge >= 0.3 is 0 Å². The number of ether oxygens (including phenoxy) is 1. The number of thiophene rings is 1. The van der Waals surface area contributed by atoms with Gasteiger partial charge in [0.2, 0.25) is 0 Å². The van der Waals surface area contributed by atoms with Gasteiger partial charge in [-0.05, 0) is 39.7 Å². The first-order valence-electron chi connectivity index (χ1n) is 4.79. The molecule has 0 N–H and O–H groups in total. The second-order valence-corrected chi connectivity index (χ2v) is 5.70. The van der Waals surface area contributed by atoms with Crippen molar-refractivity contribution in [2.75, 3.05) is 0 Å². The summed E-state index contributed by atoms with van der Waals surface area (Å²) in [5, 5.41) is 2.80. The second kappa shape index (κ2) is 5.82. The highest BCUT2D eigenvalue weighted by Gasteiger charge is 1.99. The highest BCUT2D eigenvalue weighted by molar-refractivity contribution is 9.10. The summed E-state index contributed by atoms with van der Waals surface area (Å²) < 4.78 is 6.72. The van der Waals surface area contributed by atoms with Gasteiger partial charge in [-0.1, -0.05) is 23.7 Å². The SMILES string of the molecule is Clc1cccc(COCc2cc(Br)cs2)c1. The van der Waals surface area contributed by atoms with Gasteiger partial charge in [0.1, 0.15) is 0 Å². The van der Waals surface area contributed by atoms with Crippen molar-refractivity contribution < 1.29 is 4.74 Å². The van der Waals surface area contributed by atoms with Gasteiger partial charge in [-0.3, -0.25) is 0 Å². The smallest absolute Gasteiger partial charge is 0.0814 e. The van der Waals surface area contributed by atoms with Gasteiger partial charge in [0, 0.05) is 19.8 Å². The maximum absolute atomic E-state index is 5.88. The first-order valence-corrected chi connectivity index (χ1v) is 6.84. The van der Waals surface area contributed by atoms with E-state index in [1.165, 1.54) is 4.88 Å². The Morgan fingerprint density at radius 1 is 1.25 bits per heavy atom. The van der Waals surface area contributed by atoms with E-state index in [2.05, 4.69) is 27.4 Å². The topological polar surface area (TPSA) is 9.23 Å². The number of benzene rings is 1. The lowest BCUT2D eigenvalue weighted by Gasteiger charge is -2.03. The van der Waals surface area contributed by atoms with Crippen molar-refractivity contribution in [3.05, 3.63) is 55.6 Å². The lowest BCUT2D eigenvalue weighted by Crippen LogP contribution is -1.92. The molecular weight excluding hydrogens is 308 g/mol. The molecule has 1 aromatic carbocycles. The van der Waals surface area contributed by atoms with Crippen LogP contribution in [0.25, 0.3) is 0 Å². The van der Waals surface area contributed by atoms with Gasteiger partial charge in [0.05, 0.1) is 13.2 Å². The zero-order chi connectivity index (χ0) is 11.4. The molecule has 4 heteroatoms. The normalized spacial score (nSPS) is 10.6. The number of halogens is 2.